The monoisotopic (exact) mass is 366 g/mol. The normalized spacial score (nSPS) is 10.3. The van der Waals surface area contributed by atoms with Crippen LogP contribution in [-0.2, 0) is 13.0 Å². The number of halogens is 1. The van der Waals surface area contributed by atoms with E-state index in [0.717, 1.165) is 29.4 Å². The van der Waals surface area contributed by atoms with Crippen LogP contribution in [0, 0.1) is 0 Å². The van der Waals surface area contributed by atoms with E-state index in [2.05, 4.69) is 20.6 Å². The van der Waals surface area contributed by atoms with Crippen LogP contribution in [0.4, 0.5) is 5.82 Å². The first-order valence-electron chi connectivity index (χ1n) is 8.32. The third-order valence-corrected chi connectivity index (χ3v) is 4.11. The zero-order valence-electron chi connectivity index (χ0n) is 14.2. The van der Waals surface area contributed by atoms with Gasteiger partial charge in [-0.3, -0.25) is 9.78 Å². The second kappa shape index (κ2) is 8.97. The lowest BCUT2D eigenvalue weighted by atomic mass is 10.1. The number of hydrogen-bond donors (Lipinski definition) is 2. The van der Waals surface area contributed by atoms with Gasteiger partial charge in [-0.1, -0.05) is 23.7 Å². The Kier molecular flexibility index (Phi) is 6.17. The van der Waals surface area contributed by atoms with Gasteiger partial charge in [-0.25, -0.2) is 4.98 Å². The summed E-state index contributed by atoms with van der Waals surface area (Å²) in [6, 6.07) is 15.1. The van der Waals surface area contributed by atoms with Gasteiger partial charge >= 0.3 is 0 Å². The highest BCUT2D eigenvalue weighted by Crippen LogP contribution is 2.11. The predicted molar refractivity (Wildman–Crippen MR) is 103 cm³/mol. The van der Waals surface area contributed by atoms with Crippen LogP contribution in [0.3, 0.4) is 0 Å². The highest BCUT2D eigenvalue weighted by Gasteiger charge is 2.06. The van der Waals surface area contributed by atoms with Crippen molar-refractivity contribution in [1.82, 2.24) is 15.3 Å². The molecule has 0 aliphatic carbocycles. The maximum atomic E-state index is 12.2. The average Bonchev–Trinajstić information content (AvgIpc) is 2.69. The van der Waals surface area contributed by atoms with Crippen LogP contribution in [0.25, 0.3) is 0 Å². The van der Waals surface area contributed by atoms with Gasteiger partial charge in [0, 0.05) is 36.7 Å². The first-order valence-corrected chi connectivity index (χ1v) is 8.70. The van der Waals surface area contributed by atoms with Crippen molar-refractivity contribution in [2.45, 2.75) is 13.0 Å². The molecular formula is C20H19ClN4O. The molecule has 26 heavy (non-hydrogen) atoms. The van der Waals surface area contributed by atoms with E-state index < -0.39 is 0 Å². The maximum Gasteiger partial charge on any atom is 0.253 e. The molecule has 1 aromatic carbocycles. The summed E-state index contributed by atoms with van der Waals surface area (Å²) in [6.07, 6.45) is 5.85. The number of anilines is 1. The highest BCUT2D eigenvalue weighted by atomic mass is 35.5. The molecule has 3 rings (SSSR count). The number of aromatic nitrogens is 2. The quantitative estimate of drug-likeness (QED) is 0.668. The first-order chi connectivity index (χ1) is 12.7. The highest BCUT2D eigenvalue weighted by molar-refractivity contribution is 6.30. The SMILES string of the molecule is O=C(NCc1ccncc1)c1ccc(NCCc2ccc(Cl)cc2)nc1. The molecule has 0 saturated carbocycles. The molecule has 0 fully saturated rings. The molecule has 2 aromatic heterocycles. The number of nitrogens with one attached hydrogen (secondary N) is 2. The lowest BCUT2D eigenvalue weighted by Crippen LogP contribution is -2.23. The van der Waals surface area contributed by atoms with Crippen LogP contribution in [0.15, 0.2) is 67.1 Å². The van der Waals surface area contributed by atoms with Crippen molar-refractivity contribution in [3.05, 3.63) is 88.8 Å². The van der Waals surface area contributed by atoms with Gasteiger partial charge in [0.2, 0.25) is 0 Å². The third kappa shape index (κ3) is 5.29. The van der Waals surface area contributed by atoms with E-state index in [9.17, 15) is 4.79 Å². The molecule has 2 N–H and O–H groups in total. The zero-order chi connectivity index (χ0) is 18.2. The first kappa shape index (κ1) is 17.9. The Balaban J connectivity index is 1.46. The van der Waals surface area contributed by atoms with Crippen LogP contribution in [0.5, 0.6) is 0 Å². The van der Waals surface area contributed by atoms with E-state index in [-0.39, 0.29) is 5.91 Å². The minimum Gasteiger partial charge on any atom is -0.370 e. The fraction of sp³-hybridized carbons (Fsp3) is 0.150. The standard InChI is InChI=1S/C20H19ClN4O/c21-18-4-1-15(2-5-18)9-12-23-19-6-3-17(14-24-19)20(26)25-13-16-7-10-22-11-8-16/h1-8,10-11,14H,9,12-13H2,(H,23,24)(H,25,26). The molecule has 0 atom stereocenters. The molecule has 0 radical (unpaired) electrons. The van der Waals surface area contributed by atoms with Crippen molar-refractivity contribution in [3.63, 3.8) is 0 Å². The average molecular weight is 367 g/mol. The Morgan fingerprint density at radius 2 is 1.73 bits per heavy atom. The van der Waals surface area contributed by atoms with Gasteiger partial charge in [0.1, 0.15) is 5.82 Å². The summed E-state index contributed by atoms with van der Waals surface area (Å²) in [6.45, 7) is 1.21. The maximum absolute atomic E-state index is 12.2. The molecule has 2 heterocycles. The second-order valence-corrected chi connectivity index (χ2v) is 6.21. The van der Waals surface area contributed by atoms with Gasteiger partial charge in [-0.15, -0.1) is 0 Å². The Morgan fingerprint density at radius 1 is 0.962 bits per heavy atom. The largest absolute Gasteiger partial charge is 0.370 e. The van der Waals surface area contributed by atoms with Crippen LogP contribution < -0.4 is 10.6 Å². The Morgan fingerprint density at radius 3 is 2.42 bits per heavy atom. The van der Waals surface area contributed by atoms with E-state index in [1.165, 1.54) is 5.56 Å². The lowest BCUT2D eigenvalue weighted by Gasteiger charge is -2.08. The number of carbonyl (C=O) groups excluding carboxylic acids is 1. The smallest absolute Gasteiger partial charge is 0.253 e. The summed E-state index contributed by atoms with van der Waals surface area (Å²) in [5, 5.41) is 6.85. The van der Waals surface area contributed by atoms with Gasteiger partial charge in [0.15, 0.2) is 0 Å². The number of amides is 1. The van der Waals surface area contributed by atoms with Crippen molar-refractivity contribution in [2.24, 2.45) is 0 Å². The molecule has 1 amide bonds. The van der Waals surface area contributed by atoms with E-state index >= 15 is 0 Å². The topological polar surface area (TPSA) is 66.9 Å². The molecule has 0 saturated heterocycles. The molecule has 0 spiro atoms. The molecule has 0 bridgehead atoms. The minimum atomic E-state index is -0.151. The summed E-state index contributed by atoms with van der Waals surface area (Å²) >= 11 is 5.88. The van der Waals surface area contributed by atoms with E-state index in [1.807, 2.05) is 42.5 Å². The Hall–Kier alpha value is -2.92. The van der Waals surface area contributed by atoms with Gasteiger partial charge in [0.25, 0.3) is 5.91 Å². The molecule has 5 nitrogen and oxygen atoms in total. The molecule has 3 aromatic rings. The fourth-order valence-electron chi connectivity index (χ4n) is 2.40. The Bertz CT molecular complexity index is 836. The van der Waals surface area contributed by atoms with Gasteiger partial charge in [-0.05, 0) is 53.9 Å². The van der Waals surface area contributed by atoms with Crippen molar-refractivity contribution < 1.29 is 4.79 Å². The summed E-state index contributed by atoms with van der Waals surface area (Å²) in [5.74, 6) is 0.590. The molecule has 132 valence electrons. The third-order valence-electron chi connectivity index (χ3n) is 3.86. The van der Waals surface area contributed by atoms with E-state index in [0.29, 0.717) is 12.1 Å². The number of pyridine rings is 2. The summed E-state index contributed by atoms with van der Waals surface area (Å²) in [7, 11) is 0. The number of hydrogen-bond acceptors (Lipinski definition) is 4. The molecule has 0 unspecified atom stereocenters. The number of rotatable bonds is 7. The summed E-state index contributed by atoms with van der Waals surface area (Å²) in [5.41, 5.74) is 2.73. The van der Waals surface area contributed by atoms with Crippen molar-refractivity contribution >= 4 is 23.3 Å². The van der Waals surface area contributed by atoms with Gasteiger partial charge < -0.3 is 10.6 Å². The van der Waals surface area contributed by atoms with E-state index in [4.69, 9.17) is 11.6 Å². The van der Waals surface area contributed by atoms with Crippen molar-refractivity contribution in [3.8, 4) is 0 Å². The number of carbonyl (C=O) groups is 1. The van der Waals surface area contributed by atoms with Gasteiger partial charge in [-0.2, -0.15) is 0 Å². The van der Waals surface area contributed by atoms with Crippen LogP contribution in [0.1, 0.15) is 21.5 Å². The Labute approximate surface area is 157 Å². The summed E-state index contributed by atoms with van der Waals surface area (Å²) in [4.78, 5) is 20.4. The van der Waals surface area contributed by atoms with Crippen LogP contribution in [-0.4, -0.2) is 22.4 Å². The molecule has 6 heteroatoms. The molecule has 0 aliphatic heterocycles. The van der Waals surface area contributed by atoms with Crippen LogP contribution in [0.2, 0.25) is 5.02 Å². The predicted octanol–water partition coefficient (Wildman–Crippen LogP) is 3.71. The van der Waals surface area contributed by atoms with E-state index in [1.54, 1.807) is 24.7 Å². The zero-order valence-corrected chi connectivity index (χ0v) is 14.9. The van der Waals surface area contributed by atoms with Crippen LogP contribution >= 0.6 is 11.6 Å². The lowest BCUT2D eigenvalue weighted by molar-refractivity contribution is 0.0950. The fourth-order valence-corrected chi connectivity index (χ4v) is 2.53. The van der Waals surface area contributed by atoms with Crippen molar-refractivity contribution in [2.75, 3.05) is 11.9 Å². The minimum absolute atomic E-state index is 0.151. The number of benzene rings is 1. The second-order valence-electron chi connectivity index (χ2n) is 5.77. The number of nitrogens with zero attached hydrogens (tertiary/aromatic N) is 2. The molecular weight excluding hydrogens is 348 g/mol. The summed E-state index contributed by atoms with van der Waals surface area (Å²) < 4.78 is 0. The molecule has 0 aliphatic rings. The van der Waals surface area contributed by atoms with Crippen molar-refractivity contribution in [1.29, 1.82) is 0 Å². The van der Waals surface area contributed by atoms with Gasteiger partial charge in [0.05, 0.1) is 5.56 Å².